The van der Waals surface area contributed by atoms with Gasteiger partial charge in [-0.05, 0) is 53.5 Å². The van der Waals surface area contributed by atoms with Crippen LogP contribution in [0, 0.1) is 17.2 Å². The second-order valence-electron chi connectivity index (χ2n) is 11.1. The number of nitrogens with one attached hydrogen (secondary N) is 3. The molecule has 0 aromatic heterocycles. The average Bonchev–Trinajstić information content (AvgIpc) is 2.75. The van der Waals surface area contributed by atoms with Gasteiger partial charge in [-0.1, -0.05) is 82.9 Å². The fourth-order valence-corrected chi connectivity index (χ4v) is 4.33. The molecule has 36 heavy (non-hydrogen) atoms. The van der Waals surface area contributed by atoms with Crippen molar-refractivity contribution in [1.29, 1.82) is 0 Å². The fraction of sp³-hybridized carbons (Fsp3) is 0.500. The molecule has 0 radical (unpaired) electrons. The Morgan fingerprint density at radius 2 is 1.81 bits per heavy atom. The molecule has 5 nitrogen and oxygen atoms in total. The van der Waals surface area contributed by atoms with Crippen molar-refractivity contribution in [2.45, 2.75) is 78.9 Å². The topological polar surface area (TPSA) is 70.2 Å². The number of halogens is 3. The van der Waals surface area contributed by atoms with Crippen molar-refractivity contribution in [3.8, 4) is 0 Å². The zero-order valence-corrected chi connectivity index (χ0v) is 23.4. The molecular formula is C28H38Cl2FN3O2. The number of rotatable bonds is 9. The van der Waals surface area contributed by atoms with Gasteiger partial charge in [0.15, 0.2) is 0 Å². The van der Waals surface area contributed by atoms with Gasteiger partial charge >= 0.3 is 0 Å². The molecule has 198 valence electrons. The number of hydrogen-bond acceptors (Lipinski definition) is 3. The fourth-order valence-electron chi connectivity index (χ4n) is 3.98. The third kappa shape index (κ3) is 9.38. The maximum absolute atomic E-state index is 14.7. The van der Waals surface area contributed by atoms with E-state index < -0.39 is 17.8 Å². The highest BCUT2D eigenvalue weighted by Gasteiger charge is 2.33. The summed E-state index contributed by atoms with van der Waals surface area (Å²) >= 11 is 12.0. The predicted octanol–water partition coefficient (Wildman–Crippen LogP) is 6.93. The van der Waals surface area contributed by atoms with Crippen molar-refractivity contribution < 1.29 is 14.0 Å². The van der Waals surface area contributed by atoms with Crippen molar-refractivity contribution in [1.82, 2.24) is 10.6 Å². The van der Waals surface area contributed by atoms with Crippen molar-refractivity contribution in [3.63, 3.8) is 0 Å². The van der Waals surface area contributed by atoms with Crippen molar-refractivity contribution in [2.75, 3.05) is 5.32 Å². The molecular weight excluding hydrogens is 500 g/mol. The Hall–Kier alpha value is -2.15. The van der Waals surface area contributed by atoms with Crippen LogP contribution < -0.4 is 16.0 Å². The molecule has 0 aliphatic heterocycles. The quantitative estimate of drug-likeness (QED) is 0.303. The monoisotopic (exact) mass is 537 g/mol. The third-order valence-electron chi connectivity index (χ3n) is 5.77. The number of carbonyl (C=O) groups is 2. The SMILES string of the molecule is CC(C)(C)C.CC1CC(NC(=O)[C@H](NCc2ccc(Cl)cc2NC=O)C(C)c2cccc(Cl)c2F)C1. The van der Waals surface area contributed by atoms with Crippen LogP contribution in [0.1, 0.15) is 71.4 Å². The van der Waals surface area contributed by atoms with Gasteiger partial charge in [0, 0.05) is 29.2 Å². The molecule has 2 atom stereocenters. The van der Waals surface area contributed by atoms with Crippen LogP contribution in [0.4, 0.5) is 10.1 Å². The summed E-state index contributed by atoms with van der Waals surface area (Å²) in [5.41, 5.74) is 2.17. The predicted molar refractivity (Wildman–Crippen MR) is 147 cm³/mol. The van der Waals surface area contributed by atoms with Gasteiger partial charge in [-0.3, -0.25) is 9.59 Å². The normalized spacial score (nSPS) is 18.7. The van der Waals surface area contributed by atoms with Crippen LogP contribution in [0.15, 0.2) is 36.4 Å². The van der Waals surface area contributed by atoms with E-state index in [1.54, 1.807) is 37.3 Å². The molecule has 1 fully saturated rings. The van der Waals surface area contributed by atoms with Crippen LogP contribution in [0.3, 0.4) is 0 Å². The first-order chi connectivity index (χ1) is 16.8. The van der Waals surface area contributed by atoms with E-state index in [9.17, 15) is 14.0 Å². The Balaban J connectivity index is 0.000000830. The lowest BCUT2D eigenvalue weighted by atomic mass is 9.81. The lowest BCUT2D eigenvalue weighted by Crippen LogP contribution is -2.53. The molecule has 0 bridgehead atoms. The van der Waals surface area contributed by atoms with Gasteiger partial charge in [0.2, 0.25) is 12.3 Å². The van der Waals surface area contributed by atoms with Crippen LogP contribution in [-0.4, -0.2) is 24.4 Å². The minimum Gasteiger partial charge on any atom is -0.352 e. The number of anilines is 1. The van der Waals surface area contributed by atoms with E-state index in [4.69, 9.17) is 23.2 Å². The summed E-state index contributed by atoms with van der Waals surface area (Å²) in [6.07, 6.45) is 2.44. The second kappa shape index (κ2) is 13.4. The summed E-state index contributed by atoms with van der Waals surface area (Å²) in [7, 11) is 0. The largest absolute Gasteiger partial charge is 0.352 e. The minimum atomic E-state index is -0.705. The molecule has 2 amide bonds. The molecule has 1 unspecified atom stereocenters. The molecule has 8 heteroatoms. The van der Waals surface area contributed by atoms with E-state index in [0.717, 1.165) is 18.4 Å². The maximum atomic E-state index is 14.7. The number of benzene rings is 2. The van der Waals surface area contributed by atoms with Gasteiger partial charge in [-0.15, -0.1) is 0 Å². The van der Waals surface area contributed by atoms with Gasteiger partial charge in [0.1, 0.15) is 5.82 Å². The third-order valence-corrected chi connectivity index (χ3v) is 6.30. The molecule has 3 rings (SSSR count). The number of amides is 2. The van der Waals surface area contributed by atoms with Crippen LogP contribution in [0.2, 0.25) is 10.0 Å². The van der Waals surface area contributed by atoms with E-state index in [0.29, 0.717) is 34.0 Å². The Bertz CT molecular complexity index is 1030. The summed E-state index contributed by atoms with van der Waals surface area (Å²) in [6.45, 7) is 13.0. The summed E-state index contributed by atoms with van der Waals surface area (Å²) in [6, 6.07) is 9.34. The maximum Gasteiger partial charge on any atom is 0.237 e. The highest BCUT2D eigenvalue weighted by Crippen LogP contribution is 2.30. The summed E-state index contributed by atoms with van der Waals surface area (Å²) < 4.78 is 14.7. The summed E-state index contributed by atoms with van der Waals surface area (Å²) in [5.74, 6) is -0.609. The first-order valence-corrected chi connectivity index (χ1v) is 13.0. The second-order valence-corrected chi connectivity index (χ2v) is 12.0. The van der Waals surface area contributed by atoms with Crippen molar-refractivity contribution in [2.24, 2.45) is 11.3 Å². The number of hydrogen-bond donors (Lipinski definition) is 3. The standard InChI is InChI=1S/C23H26Cl2FN3O2.C5H12/c1-13-8-17(9-13)29-23(31)22(14(2)18-4-3-5-19(25)21(18)26)27-11-15-6-7-16(24)10-20(15)28-12-30;1-5(2,3)4/h3-7,10,12-14,17,22,27H,8-9,11H2,1-2H3,(H,28,30)(H,29,31);1-4H3/t13?,14?,17?,22-;/m1./s1. The molecule has 1 saturated carbocycles. The molecule has 2 aromatic carbocycles. The summed E-state index contributed by atoms with van der Waals surface area (Å²) in [5, 5.41) is 9.43. The van der Waals surface area contributed by atoms with Crippen molar-refractivity contribution >= 4 is 41.2 Å². The molecule has 1 aliphatic rings. The lowest BCUT2D eigenvalue weighted by Gasteiger charge is -2.35. The van der Waals surface area contributed by atoms with Gasteiger partial charge in [0.05, 0.1) is 11.1 Å². The van der Waals surface area contributed by atoms with E-state index in [1.165, 1.54) is 6.07 Å². The first kappa shape index (κ1) is 30.1. The lowest BCUT2D eigenvalue weighted by molar-refractivity contribution is -0.125. The van der Waals surface area contributed by atoms with Gasteiger partial charge in [-0.2, -0.15) is 0 Å². The Morgan fingerprint density at radius 3 is 2.39 bits per heavy atom. The van der Waals surface area contributed by atoms with E-state index in [2.05, 4.69) is 50.6 Å². The van der Waals surface area contributed by atoms with Gasteiger partial charge < -0.3 is 16.0 Å². The van der Waals surface area contributed by atoms with Crippen molar-refractivity contribution in [3.05, 3.63) is 63.4 Å². The average molecular weight is 539 g/mol. The number of carbonyl (C=O) groups excluding carboxylic acids is 2. The smallest absolute Gasteiger partial charge is 0.237 e. The molecule has 3 N–H and O–H groups in total. The Labute approximate surface area is 224 Å². The van der Waals surface area contributed by atoms with Gasteiger partial charge in [-0.25, -0.2) is 4.39 Å². The molecule has 0 spiro atoms. The molecule has 0 saturated heterocycles. The minimum absolute atomic E-state index is 0.0199. The zero-order valence-electron chi connectivity index (χ0n) is 21.9. The van der Waals surface area contributed by atoms with E-state index >= 15 is 0 Å². The van der Waals surface area contributed by atoms with Crippen LogP contribution in [0.25, 0.3) is 0 Å². The molecule has 1 aliphatic carbocycles. The zero-order chi connectivity index (χ0) is 27.0. The molecule has 0 heterocycles. The van der Waals surface area contributed by atoms with E-state index in [-0.39, 0.29) is 23.5 Å². The summed E-state index contributed by atoms with van der Waals surface area (Å²) in [4.78, 5) is 24.1. The van der Waals surface area contributed by atoms with Crippen LogP contribution in [-0.2, 0) is 16.1 Å². The van der Waals surface area contributed by atoms with Crippen LogP contribution >= 0.6 is 23.2 Å². The van der Waals surface area contributed by atoms with Crippen LogP contribution in [0.5, 0.6) is 0 Å². The highest BCUT2D eigenvalue weighted by molar-refractivity contribution is 6.31. The first-order valence-electron chi connectivity index (χ1n) is 12.3. The van der Waals surface area contributed by atoms with E-state index in [1.807, 2.05) is 0 Å². The van der Waals surface area contributed by atoms with Gasteiger partial charge in [0.25, 0.3) is 0 Å². The molecule has 2 aromatic rings. The Morgan fingerprint density at radius 1 is 1.17 bits per heavy atom. The highest BCUT2D eigenvalue weighted by atomic mass is 35.5. The Kier molecular flexibility index (Phi) is 11.2.